The first-order chi connectivity index (χ1) is 14.6. The van der Waals surface area contributed by atoms with Gasteiger partial charge in [-0.1, -0.05) is 44.9 Å². The minimum atomic E-state index is -0.845. The maximum absolute atomic E-state index is 14.8. The van der Waals surface area contributed by atoms with Gasteiger partial charge in [-0.3, -0.25) is 0 Å². The normalized spacial score (nSPS) is 34.2. The summed E-state index contributed by atoms with van der Waals surface area (Å²) in [5, 5.41) is 0. The second-order valence-corrected chi connectivity index (χ2v) is 10.2. The fourth-order valence-electron chi connectivity index (χ4n) is 6.83. The van der Waals surface area contributed by atoms with E-state index in [1.54, 1.807) is 18.2 Å². The average Bonchev–Trinajstić information content (AvgIpc) is 2.79. The Morgan fingerprint density at radius 2 is 1.50 bits per heavy atom. The Morgan fingerprint density at radius 3 is 2.20 bits per heavy atom. The molecule has 4 unspecified atom stereocenters. The summed E-state index contributed by atoms with van der Waals surface area (Å²) in [5.41, 5.74) is 0.553. The third-order valence-corrected chi connectivity index (χ3v) is 8.66. The first kappa shape index (κ1) is 21.8. The van der Waals surface area contributed by atoms with Gasteiger partial charge in [0, 0.05) is 0 Å². The lowest BCUT2D eigenvalue weighted by molar-refractivity contribution is 0.0711. The number of fused-ring (bicyclic) bond motifs is 1. The van der Waals surface area contributed by atoms with Crippen molar-refractivity contribution in [2.75, 3.05) is 6.61 Å². The average molecular weight is 417 g/mol. The van der Waals surface area contributed by atoms with Gasteiger partial charge >= 0.3 is 0 Å². The molecule has 4 atom stereocenters. The SMILES string of the molecule is C=CCOc1ccc(C2CCC3CC(C4CCC(CC)CC4)CCC3C2)c(F)c1F. The number of hydrogen-bond acceptors (Lipinski definition) is 1. The summed E-state index contributed by atoms with van der Waals surface area (Å²) in [6.07, 6.45) is 15.8. The summed E-state index contributed by atoms with van der Waals surface area (Å²) in [6, 6.07) is 3.34. The van der Waals surface area contributed by atoms with Gasteiger partial charge in [0.15, 0.2) is 11.6 Å². The lowest BCUT2D eigenvalue weighted by Crippen LogP contribution is -2.34. The van der Waals surface area contributed by atoms with E-state index >= 15 is 0 Å². The molecule has 0 aromatic heterocycles. The van der Waals surface area contributed by atoms with Crippen molar-refractivity contribution in [1.29, 1.82) is 0 Å². The highest BCUT2D eigenvalue weighted by atomic mass is 19.2. The van der Waals surface area contributed by atoms with E-state index < -0.39 is 11.6 Å². The van der Waals surface area contributed by atoms with Crippen LogP contribution in [0, 0.1) is 41.2 Å². The summed E-state index contributed by atoms with van der Waals surface area (Å²) in [6.45, 7) is 6.08. The van der Waals surface area contributed by atoms with Gasteiger partial charge in [0.1, 0.15) is 6.61 Å². The quantitative estimate of drug-likeness (QED) is 0.426. The van der Waals surface area contributed by atoms with E-state index in [-0.39, 0.29) is 18.3 Å². The van der Waals surface area contributed by atoms with Gasteiger partial charge in [-0.15, -0.1) is 0 Å². The summed E-state index contributed by atoms with van der Waals surface area (Å²) in [4.78, 5) is 0. The molecule has 166 valence electrons. The van der Waals surface area contributed by atoms with Crippen molar-refractivity contribution < 1.29 is 13.5 Å². The van der Waals surface area contributed by atoms with Gasteiger partial charge in [-0.25, -0.2) is 4.39 Å². The van der Waals surface area contributed by atoms with Crippen LogP contribution in [0.1, 0.15) is 89.0 Å². The van der Waals surface area contributed by atoms with Crippen molar-refractivity contribution in [3.63, 3.8) is 0 Å². The summed E-state index contributed by atoms with van der Waals surface area (Å²) < 4.78 is 34.5. The monoisotopic (exact) mass is 416 g/mol. The second-order valence-electron chi connectivity index (χ2n) is 10.2. The van der Waals surface area contributed by atoms with E-state index in [1.807, 2.05) is 0 Å². The number of hydrogen-bond donors (Lipinski definition) is 0. The van der Waals surface area contributed by atoms with Gasteiger partial charge < -0.3 is 4.74 Å². The maximum atomic E-state index is 14.8. The van der Waals surface area contributed by atoms with Crippen LogP contribution in [0.15, 0.2) is 24.8 Å². The van der Waals surface area contributed by atoms with Gasteiger partial charge in [-0.05, 0) is 98.5 Å². The molecule has 1 aromatic carbocycles. The van der Waals surface area contributed by atoms with Crippen LogP contribution in [0.3, 0.4) is 0 Å². The molecular weight excluding hydrogens is 378 g/mol. The van der Waals surface area contributed by atoms with E-state index in [2.05, 4.69) is 13.5 Å². The predicted octanol–water partition coefficient (Wildman–Crippen LogP) is 8.05. The van der Waals surface area contributed by atoms with Crippen LogP contribution < -0.4 is 4.74 Å². The summed E-state index contributed by atoms with van der Waals surface area (Å²) in [7, 11) is 0. The fourth-order valence-corrected chi connectivity index (χ4v) is 6.83. The Balaban J connectivity index is 1.35. The Morgan fingerprint density at radius 1 is 0.867 bits per heavy atom. The van der Waals surface area contributed by atoms with E-state index in [0.717, 1.165) is 36.5 Å². The molecule has 1 nitrogen and oxygen atoms in total. The van der Waals surface area contributed by atoms with E-state index in [4.69, 9.17) is 4.74 Å². The highest BCUT2D eigenvalue weighted by Gasteiger charge is 2.39. The van der Waals surface area contributed by atoms with Crippen molar-refractivity contribution in [3.8, 4) is 5.75 Å². The Labute approximate surface area is 181 Å². The molecule has 3 heteroatoms. The molecule has 0 N–H and O–H groups in total. The largest absolute Gasteiger partial charge is 0.486 e. The second kappa shape index (κ2) is 9.83. The summed E-state index contributed by atoms with van der Waals surface area (Å²) >= 11 is 0. The molecule has 0 saturated heterocycles. The van der Waals surface area contributed by atoms with Crippen LogP contribution in [-0.2, 0) is 0 Å². The Hall–Kier alpha value is -1.38. The zero-order chi connectivity index (χ0) is 21.1. The maximum Gasteiger partial charge on any atom is 0.200 e. The minimum absolute atomic E-state index is 0.0110. The molecule has 3 saturated carbocycles. The topological polar surface area (TPSA) is 9.23 Å². The zero-order valence-corrected chi connectivity index (χ0v) is 18.6. The number of benzene rings is 1. The van der Waals surface area contributed by atoms with Crippen LogP contribution in [0.25, 0.3) is 0 Å². The van der Waals surface area contributed by atoms with Crippen molar-refractivity contribution in [2.45, 2.75) is 83.5 Å². The molecular formula is C27H38F2O. The van der Waals surface area contributed by atoms with Gasteiger partial charge in [0.05, 0.1) is 0 Å². The molecule has 0 heterocycles. The van der Waals surface area contributed by atoms with E-state index in [1.165, 1.54) is 57.8 Å². The van der Waals surface area contributed by atoms with Gasteiger partial charge in [0.2, 0.25) is 5.82 Å². The standard InChI is InChI=1S/C27H38F2O/c1-3-15-30-25-14-13-24(26(28)27(25)29)23-12-11-21-16-20(9-10-22(21)17-23)19-7-5-18(4-2)6-8-19/h3,13-14,18-23H,1,4-12,15-17H2,2H3. The number of ether oxygens (including phenoxy) is 1. The van der Waals surface area contributed by atoms with Crippen molar-refractivity contribution >= 4 is 0 Å². The van der Waals surface area contributed by atoms with Crippen molar-refractivity contribution in [2.24, 2.45) is 29.6 Å². The molecule has 0 spiro atoms. The molecule has 0 aliphatic heterocycles. The van der Waals surface area contributed by atoms with Gasteiger partial charge in [0.25, 0.3) is 0 Å². The number of halogens is 2. The third-order valence-electron chi connectivity index (χ3n) is 8.66. The molecule has 3 aliphatic rings. The molecule has 0 amide bonds. The lowest BCUT2D eigenvalue weighted by atomic mass is 9.60. The number of rotatable bonds is 6. The molecule has 3 fully saturated rings. The van der Waals surface area contributed by atoms with Crippen LogP contribution >= 0.6 is 0 Å². The molecule has 0 radical (unpaired) electrons. The zero-order valence-electron chi connectivity index (χ0n) is 18.6. The first-order valence-corrected chi connectivity index (χ1v) is 12.3. The fraction of sp³-hybridized carbons (Fsp3) is 0.704. The minimum Gasteiger partial charge on any atom is -0.486 e. The third kappa shape index (κ3) is 4.60. The van der Waals surface area contributed by atoms with E-state index in [0.29, 0.717) is 11.5 Å². The highest BCUT2D eigenvalue weighted by Crippen LogP contribution is 2.51. The van der Waals surface area contributed by atoms with Crippen LogP contribution in [0.2, 0.25) is 0 Å². The summed E-state index contributed by atoms with van der Waals surface area (Å²) in [5.74, 6) is 2.89. The van der Waals surface area contributed by atoms with Crippen LogP contribution in [0.5, 0.6) is 5.75 Å². The Bertz CT molecular complexity index is 722. The molecule has 1 aromatic rings. The predicted molar refractivity (Wildman–Crippen MR) is 119 cm³/mol. The van der Waals surface area contributed by atoms with Crippen LogP contribution in [-0.4, -0.2) is 6.61 Å². The molecule has 0 bridgehead atoms. The molecule has 3 aliphatic carbocycles. The van der Waals surface area contributed by atoms with Gasteiger partial charge in [-0.2, -0.15) is 4.39 Å². The van der Waals surface area contributed by atoms with Crippen molar-refractivity contribution in [3.05, 3.63) is 42.0 Å². The molecule has 30 heavy (non-hydrogen) atoms. The highest BCUT2D eigenvalue weighted by molar-refractivity contribution is 5.33. The Kier molecular flexibility index (Phi) is 7.16. The van der Waals surface area contributed by atoms with Crippen molar-refractivity contribution in [1.82, 2.24) is 0 Å². The lowest BCUT2D eigenvalue weighted by Gasteiger charge is -2.45. The van der Waals surface area contributed by atoms with Crippen LogP contribution in [0.4, 0.5) is 8.78 Å². The molecule has 4 rings (SSSR count). The van der Waals surface area contributed by atoms with E-state index in [9.17, 15) is 8.78 Å². The first-order valence-electron chi connectivity index (χ1n) is 12.3. The smallest absolute Gasteiger partial charge is 0.200 e.